The van der Waals surface area contributed by atoms with Crippen LogP contribution in [0.3, 0.4) is 0 Å². The molecule has 0 spiro atoms. The van der Waals surface area contributed by atoms with Crippen LogP contribution in [0.4, 0.5) is 0 Å². The highest BCUT2D eigenvalue weighted by atomic mass is 35.5. The van der Waals surface area contributed by atoms with Gasteiger partial charge in [0.05, 0.1) is 11.2 Å². The van der Waals surface area contributed by atoms with E-state index in [2.05, 4.69) is 10.5 Å². The van der Waals surface area contributed by atoms with E-state index in [1.807, 2.05) is 24.3 Å². The summed E-state index contributed by atoms with van der Waals surface area (Å²) in [5.74, 6) is -0.694. The second kappa shape index (κ2) is 11.1. The number of hydrogen-bond acceptors (Lipinski definition) is 6. The Morgan fingerprint density at radius 3 is 2.53 bits per heavy atom. The number of nitrogens with zero attached hydrogens (tertiary/aromatic N) is 2. The molecule has 10 heteroatoms. The molecule has 9 nitrogen and oxygen atoms in total. The second-order valence-electron chi connectivity index (χ2n) is 8.41. The number of phenolic OH excluding ortho intramolecular Hbond substituents is 1. The van der Waals surface area contributed by atoms with Gasteiger partial charge in [0.1, 0.15) is 11.5 Å². The van der Waals surface area contributed by atoms with Crippen molar-refractivity contribution in [2.45, 2.75) is 12.8 Å². The quantitative estimate of drug-likeness (QED) is 0.333. The lowest BCUT2D eigenvalue weighted by Crippen LogP contribution is -2.43. The van der Waals surface area contributed by atoms with Crippen LogP contribution in [0.2, 0.25) is 5.02 Å². The van der Waals surface area contributed by atoms with Crippen LogP contribution in [-0.4, -0.2) is 53.6 Å². The molecule has 1 saturated heterocycles. The van der Waals surface area contributed by atoms with E-state index in [0.717, 1.165) is 16.3 Å². The van der Waals surface area contributed by atoms with Crippen molar-refractivity contribution in [1.29, 1.82) is 0 Å². The zero-order valence-corrected chi connectivity index (χ0v) is 20.1. The van der Waals surface area contributed by atoms with E-state index in [0.29, 0.717) is 31.7 Å². The summed E-state index contributed by atoms with van der Waals surface area (Å²) in [7, 11) is 0. The molecule has 1 fully saturated rings. The topological polar surface area (TPSA) is 134 Å². The number of carbonyl (C=O) groups is 3. The van der Waals surface area contributed by atoms with Crippen molar-refractivity contribution in [2.24, 2.45) is 16.8 Å². The number of piperidine rings is 1. The van der Waals surface area contributed by atoms with Crippen LogP contribution in [0.1, 0.15) is 28.8 Å². The van der Waals surface area contributed by atoms with Crippen molar-refractivity contribution >= 4 is 46.3 Å². The summed E-state index contributed by atoms with van der Waals surface area (Å²) in [5.41, 5.74) is 8.79. The number of benzene rings is 3. The van der Waals surface area contributed by atoms with E-state index in [-0.39, 0.29) is 40.7 Å². The first-order chi connectivity index (χ1) is 17.3. The molecule has 1 aliphatic rings. The smallest absolute Gasteiger partial charge is 0.271 e. The third-order valence-corrected chi connectivity index (χ3v) is 6.40. The van der Waals surface area contributed by atoms with E-state index in [9.17, 15) is 19.5 Å². The van der Waals surface area contributed by atoms with Crippen LogP contribution >= 0.6 is 11.6 Å². The zero-order chi connectivity index (χ0) is 25.7. The van der Waals surface area contributed by atoms with Gasteiger partial charge in [0.2, 0.25) is 5.91 Å². The molecule has 36 heavy (non-hydrogen) atoms. The third-order valence-electron chi connectivity index (χ3n) is 6.10. The maximum absolute atomic E-state index is 12.6. The number of aromatic hydroxyl groups is 1. The van der Waals surface area contributed by atoms with E-state index in [4.69, 9.17) is 22.1 Å². The van der Waals surface area contributed by atoms with Crippen molar-refractivity contribution in [3.05, 3.63) is 70.7 Å². The Morgan fingerprint density at radius 1 is 1.11 bits per heavy atom. The van der Waals surface area contributed by atoms with Crippen LogP contribution in [0.15, 0.2) is 59.7 Å². The van der Waals surface area contributed by atoms with Gasteiger partial charge in [-0.3, -0.25) is 14.4 Å². The Hall–Kier alpha value is -4.11. The summed E-state index contributed by atoms with van der Waals surface area (Å²) in [4.78, 5) is 37.9. The highest BCUT2D eigenvalue weighted by Gasteiger charge is 2.26. The molecule has 0 radical (unpaired) electrons. The Balaban J connectivity index is 1.41. The number of amides is 3. The number of ether oxygens (including phenoxy) is 1. The first-order valence-corrected chi connectivity index (χ1v) is 11.7. The average Bonchev–Trinajstić information content (AvgIpc) is 2.89. The number of carbonyl (C=O) groups excluding carboxylic acids is 3. The van der Waals surface area contributed by atoms with Gasteiger partial charge in [-0.25, -0.2) is 5.43 Å². The first kappa shape index (κ1) is 25.0. The number of hydrazone groups is 1. The van der Waals surface area contributed by atoms with Gasteiger partial charge in [-0.1, -0.05) is 35.9 Å². The van der Waals surface area contributed by atoms with Crippen molar-refractivity contribution < 1.29 is 24.2 Å². The van der Waals surface area contributed by atoms with Crippen LogP contribution in [-0.2, 0) is 9.59 Å². The summed E-state index contributed by atoms with van der Waals surface area (Å²) >= 11 is 5.85. The average molecular weight is 509 g/mol. The lowest BCUT2D eigenvalue weighted by atomic mass is 9.96. The molecule has 0 saturated carbocycles. The summed E-state index contributed by atoms with van der Waals surface area (Å²) < 4.78 is 5.85. The fourth-order valence-electron chi connectivity index (χ4n) is 4.05. The monoisotopic (exact) mass is 508 g/mol. The van der Waals surface area contributed by atoms with Crippen molar-refractivity contribution in [3.63, 3.8) is 0 Å². The molecule has 3 aromatic rings. The number of rotatable bonds is 7. The molecule has 0 aromatic heterocycles. The molecule has 3 amide bonds. The van der Waals surface area contributed by atoms with E-state index in [1.165, 1.54) is 24.4 Å². The molecule has 0 unspecified atom stereocenters. The predicted molar refractivity (Wildman–Crippen MR) is 136 cm³/mol. The molecule has 4 N–H and O–H groups in total. The SMILES string of the molecule is NC(=O)C1CCN(C(=O)COc2ccc(C=NNC(=O)c3ccc(O)c(Cl)c3)c3ccccc23)CC1. The minimum absolute atomic E-state index is 0.0711. The molecule has 1 heterocycles. The lowest BCUT2D eigenvalue weighted by Gasteiger charge is -2.30. The molecular weight excluding hydrogens is 484 g/mol. The number of hydrogen-bond donors (Lipinski definition) is 3. The van der Waals surface area contributed by atoms with E-state index < -0.39 is 5.91 Å². The highest BCUT2D eigenvalue weighted by Crippen LogP contribution is 2.28. The Labute approximate surface area is 212 Å². The summed E-state index contributed by atoms with van der Waals surface area (Å²) in [5, 5.41) is 15.2. The number of nitrogens with two attached hydrogens (primary N) is 1. The standard InChI is InChI=1S/C26H25ClN4O5/c27-21-13-17(5-7-22(21)32)26(35)30-29-14-18-6-8-23(20-4-2-1-3-19(18)20)36-15-24(33)31-11-9-16(10-12-31)25(28)34/h1-8,13-14,16,32H,9-12,15H2,(H2,28,34)(H,30,35). The maximum Gasteiger partial charge on any atom is 0.271 e. The Kier molecular flexibility index (Phi) is 7.70. The van der Waals surface area contributed by atoms with Gasteiger partial charge in [-0.15, -0.1) is 0 Å². The predicted octanol–water partition coefficient (Wildman–Crippen LogP) is 3.07. The van der Waals surface area contributed by atoms with Crippen molar-refractivity contribution in [3.8, 4) is 11.5 Å². The number of fused-ring (bicyclic) bond motifs is 1. The molecule has 186 valence electrons. The summed E-state index contributed by atoms with van der Waals surface area (Å²) in [6.07, 6.45) is 2.64. The van der Waals surface area contributed by atoms with Gasteiger partial charge in [0.15, 0.2) is 6.61 Å². The molecule has 0 atom stereocenters. The molecule has 0 bridgehead atoms. The van der Waals surface area contributed by atoms with Crippen LogP contribution in [0.25, 0.3) is 10.8 Å². The van der Waals surface area contributed by atoms with Crippen LogP contribution in [0, 0.1) is 5.92 Å². The molecule has 0 aliphatic carbocycles. The first-order valence-electron chi connectivity index (χ1n) is 11.4. The Morgan fingerprint density at radius 2 is 1.83 bits per heavy atom. The second-order valence-corrected chi connectivity index (χ2v) is 8.82. The Bertz CT molecular complexity index is 1340. The van der Waals surface area contributed by atoms with E-state index in [1.54, 1.807) is 17.0 Å². The number of likely N-dealkylation sites (tertiary alicyclic amines) is 1. The van der Waals surface area contributed by atoms with E-state index >= 15 is 0 Å². The number of nitrogens with one attached hydrogen (secondary N) is 1. The molecule has 1 aliphatic heterocycles. The van der Waals surface area contributed by atoms with Gasteiger partial charge >= 0.3 is 0 Å². The van der Waals surface area contributed by atoms with Gasteiger partial charge in [0.25, 0.3) is 11.8 Å². The summed E-state index contributed by atoms with van der Waals surface area (Å²) in [6, 6.07) is 15.2. The molecule has 4 rings (SSSR count). The van der Waals surface area contributed by atoms with Crippen LogP contribution in [0.5, 0.6) is 11.5 Å². The maximum atomic E-state index is 12.6. The van der Waals surface area contributed by atoms with Crippen LogP contribution < -0.4 is 15.9 Å². The minimum Gasteiger partial charge on any atom is -0.506 e. The molecular formula is C26H25ClN4O5. The largest absolute Gasteiger partial charge is 0.506 e. The van der Waals surface area contributed by atoms with Gasteiger partial charge in [0, 0.05) is 35.5 Å². The summed E-state index contributed by atoms with van der Waals surface area (Å²) in [6.45, 7) is 0.839. The normalized spacial score (nSPS) is 14.2. The number of primary amides is 1. The van der Waals surface area contributed by atoms with Gasteiger partial charge in [-0.2, -0.15) is 5.10 Å². The van der Waals surface area contributed by atoms with Gasteiger partial charge in [-0.05, 0) is 48.6 Å². The zero-order valence-electron chi connectivity index (χ0n) is 19.3. The number of halogens is 1. The molecule has 3 aromatic carbocycles. The lowest BCUT2D eigenvalue weighted by molar-refractivity contribution is -0.136. The third kappa shape index (κ3) is 5.75. The fraction of sp³-hybridized carbons (Fsp3) is 0.231. The van der Waals surface area contributed by atoms with Gasteiger partial charge < -0.3 is 20.5 Å². The minimum atomic E-state index is -0.476. The highest BCUT2D eigenvalue weighted by molar-refractivity contribution is 6.32. The number of phenols is 1. The fourth-order valence-corrected chi connectivity index (χ4v) is 4.23. The van der Waals surface area contributed by atoms with Crippen molar-refractivity contribution in [2.75, 3.05) is 19.7 Å². The van der Waals surface area contributed by atoms with Crippen molar-refractivity contribution in [1.82, 2.24) is 10.3 Å².